The van der Waals surface area contributed by atoms with Crippen LogP contribution in [-0.4, -0.2) is 36.2 Å². The Hall–Kier alpha value is -1.44. The van der Waals surface area contributed by atoms with Gasteiger partial charge in [-0.25, -0.2) is 4.79 Å². The Labute approximate surface area is 103 Å². The summed E-state index contributed by atoms with van der Waals surface area (Å²) in [7, 11) is 0. The molecule has 0 aromatic carbocycles. The van der Waals surface area contributed by atoms with E-state index in [1.165, 1.54) is 0 Å². The van der Waals surface area contributed by atoms with Gasteiger partial charge in [0.1, 0.15) is 5.60 Å². The lowest BCUT2D eigenvalue weighted by molar-refractivity contribution is 0.0513. The number of amides is 1. The summed E-state index contributed by atoms with van der Waals surface area (Å²) in [5, 5.41) is 11.5. The van der Waals surface area contributed by atoms with Gasteiger partial charge in [0.05, 0.1) is 0 Å². The van der Waals surface area contributed by atoms with E-state index in [-0.39, 0.29) is 6.09 Å². The van der Waals surface area contributed by atoms with Crippen molar-refractivity contribution in [3.63, 3.8) is 0 Å². The molecule has 0 saturated carbocycles. The van der Waals surface area contributed by atoms with Gasteiger partial charge in [-0.1, -0.05) is 0 Å². The number of hydrogen-bond acceptors (Lipinski definition) is 4. The third-order valence-corrected chi connectivity index (χ3v) is 2.69. The fourth-order valence-corrected chi connectivity index (χ4v) is 1.78. The van der Waals surface area contributed by atoms with Crippen molar-refractivity contribution < 1.29 is 9.53 Å². The molecule has 0 aromatic rings. The van der Waals surface area contributed by atoms with E-state index in [0.717, 1.165) is 25.9 Å². The summed E-state index contributed by atoms with van der Waals surface area (Å²) in [6, 6.07) is 0. The zero-order chi connectivity index (χ0) is 12.9. The van der Waals surface area contributed by atoms with Gasteiger partial charge in [-0.15, -0.1) is 0 Å². The van der Waals surface area contributed by atoms with Gasteiger partial charge in [-0.3, -0.25) is 0 Å². The number of rotatable bonds is 2. The van der Waals surface area contributed by atoms with Crippen molar-refractivity contribution in [2.24, 2.45) is 5.92 Å². The Morgan fingerprint density at radius 1 is 1.47 bits per heavy atom. The highest BCUT2D eigenvalue weighted by molar-refractivity contribution is 5.67. The van der Waals surface area contributed by atoms with E-state index in [0.29, 0.717) is 12.5 Å². The standard InChI is InChI=1S/C12H21N3O2/c1-12(2,3)17-11(16)14-8-10-4-6-15(9-13)7-5-10/h10H,4-8H2,1-3H3,(H,14,16). The molecule has 0 unspecified atom stereocenters. The normalized spacial score (nSPS) is 17.4. The van der Waals surface area contributed by atoms with E-state index in [1.807, 2.05) is 20.8 Å². The molecular weight excluding hydrogens is 218 g/mol. The molecule has 1 saturated heterocycles. The predicted molar refractivity (Wildman–Crippen MR) is 64.1 cm³/mol. The molecule has 1 aliphatic rings. The maximum absolute atomic E-state index is 11.4. The molecule has 1 aliphatic heterocycles. The van der Waals surface area contributed by atoms with Crippen molar-refractivity contribution in [1.82, 2.24) is 10.2 Å². The van der Waals surface area contributed by atoms with E-state index in [9.17, 15) is 4.79 Å². The van der Waals surface area contributed by atoms with Crippen LogP contribution in [0.25, 0.3) is 0 Å². The highest BCUT2D eigenvalue weighted by Crippen LogP contribution is 2.15. The number of carbonyl (C=O) groups is 1. The Kier molecular flexibility index (Phi) is 4.62. The first-order valence-corrected chi connectivity index (χ1v) is 6.02. The van der Waals surface area contributed by atoms with E-state index in [4.69, 9.17) is 10.00 Å². The SMILES string of the molecule is CC(C)(C)OC(=O)NCC1CCN(C#N)CC1. The van der Waals surface area contributed by atoms with Crippen LogP contribution in [0.4, 0.5) is 4.79 Å². The predicted octanol–water partition coefficient (Wildman–Crippen LogP) is 1.70. The number of ether oxygens (including phenoxy) is 1. The average Bonchev–Trinajstić information content (AvgIpc) is 2.25. The summed E-state index contributed by atoms with van der Waals surface area (Å²) >= 11 is 0. The van der Waals surface area contributed by atoms with Gasteiger partial charge in [0.25, 0.3) is 0 Å². The molecule has 17 heavy (non-hydrogen) atoms. The maximum Gasteiger partial charge on any atom is 0.407 e. The molecular formula is C12H21N3O2. The molecule has 5 nitrogen and oxygen atoms in total. The van der Waals surface area contributed by atoms with Crippen LogP contribution in [0.2, 0.25) is 0 Å². The second-order valence-corrected chi connectivity index (χ2v) is 5.41. The summed E-state index contributed by atoms with van der Waals surface area (Å²) in [5.41, 5.74) is -0.450. The number of carbonyl (C=O) groups excluding carboxylic acids is 1. The molecule has 0 aromatic heterocycles. The zero-order valence-corrected chi connectivity index (χ0v) is 10.8. The van der Waals surface area contributed by atoms with Gasteiger partial charge in [0.15, 0.2) is 6.19 Å². The van der Waals surface area contributed by atoms with Crippen molar-refractivity contribution in [2.45, 2.75) is 39.2 Å². The summed E-state index contributed by atoms with van der Waals surface area (Å²) in [6.45, 7) is 7.75. The third kappa shape index (κ3) is 5.43. The molecule has 1 heterocycles. The first kappa shape index (κ1) is 13.6. The average molecular weight is 239 g/mol. The lowest BCUT2D eigenvalue weighted by atomic mass is 9.97. The lowest BCUT2D eigenvalue weighted by Crippen LogP contribution is -2.38. The number of nitrogens with one attached hydrogen (secondary N) is 1. The fraction of sp³-hybridized carbons (Fsp3) is 0.833. The van der Waals surface area contributed by atoms with Crippen LogP contribution >= 0.6 is 0 Å². The number of nitriles is 1. The van der Waals surface area contributed by atoms with Gasteiger partial charge in [0, 0.05) is 19.6 Å². The number of piperidine rings is 1. The van der Waals surface area contributed by atoms with E-state index < -0.39 is 5.60 Å². The van der Waals surface area contributed by atoms with Crippen LogP contribution in [0, 0.1) is 17.4 Å². The fourth-order valence-electron chi connectivity index (χ4n) is 1.78. The van der Waals surface area contributed by atoms with E-state index >= 15 is 0 Å². The molecule has 1 fully saturated rings. The lowest BCUT2D eigenvalue weighted by Gasteiger charge is -2.28. The van der Waals surface area contributed by atoms with Crippen LogP contribution in [0.5, 0.6) is 0 Å². The molecule has 5 heteroatoms. The minimum atomic E-state index is -0.450. The summed E-state index contributed by atoms with van der Waals surface area (Å²) in [6.07, 6.45) is 3.68. The van der Waals surface area contributed by atoms with Crippen LogP contribution < -0.4 is 5.32 Å². The Morgan fingerprint density at radius 2 is 2.06 bits per heavy atom. The van der Waals surface area contributed by atoms with Gasteiger partial charge in [0.2, 0.25) is 0 Å². The van der Waals surface area contributed by atoms with Gasteiger partial charge >= 0.3 is 6.09 Å². The molecule has 0 atom stereocenters. The number of nitrogens with zero attached hydrogens (tertiary/aromatic N) is 2. The van der Waals surface area contributed by atoms with Crippen molar-refractivity contribution in [3.8, 4) is 6.19 Å². The highest BCUT2D eigenvalue weighted by atomic mass is 16.6. The van der Waals surface area contributed by atoms with Crippen molar-refractivity contribution in [1.29, 1.82) is 5.26 Å². The summed E-state index contributed by atoms with van der Waals surface area (Å²) in [4.78, 5) is 13.2. The van der Waals surface area contributed by atoms with Crippen molar-refractivity contribution >= 4 is 6.09 Å². The summed E-state index contributed by atoms with van der Waals surface area (Å²) in [5.74, 6) is 0.451. The van der Waals surface area contributed by atoms with Gasteiger partial charge < -0.3 is 15.0 Å². The van der Waals surface area contributed by atoms with Crippen molar-refractivity contribution in [2.75, 3.05) is 19.6 Å². The van der Waals surface area contributed by atoms with E-state index in [1.54, 1.807) is 4.90 Å². The number of likely N-dealkylation sites (tertiary alicyclic amines) is 1. The van der Waals surface area contributed by atoms with Gasteiger partial charge in [-0.05, 0) is 39.5 Å². The van der Waals surface area contributed by atoms with E-state index in [2.05, 4.69) is 11.5 Å². The Balaban J connectivity index is 2.20. The summed E-state index contributed by atoms with van der Waals surface area (Å²) < 4.78 is 5.16. The van der Waals surface area contributed by atoms with Gasteiger partial charge in [-0.2, -0.15) is 5.26 Å². The second-order valence-electron chi connectivity index (χ2n) is 5.41. The Morgan fingerprint density at radius 3 is 2.53 bits per heavy atom. The third-order valence-electron chi connectivity index (χ3n) is 2.69. The van der Waals surface area contributed by atoms with Crippen LogP contribution in [0.1, 0.15) is 33.6 Å². The smallest absolute Gasteiger partial charge is 0.407 e. The molecule has 0 radical (unpaired) electrons. The van der Waals surface area contributed by atoms with Crippen LogP contribution in [0.3, 0.4) is 0 Å². The zero-order valence-electron chi connectivity index (χ0n) is 10.8. The number of hydrogen-bond donors (Lipinski definition) is 1. The minimum absolute atomic E-state index is 0.361. The molecule has 0 spiro atoms. The largest absolute Gasteiger partial charge is 0.444 e. The molecule has 1 rings (SSSR count). The maximum atomic E-state index is 11.4. The molecule has 96 valence electrons. The molecule has 1 amide bonds. The van der Waals surface area contributed by atoms with Crippen molar-refractivity contribution in [3.05, 3.63) is 0 Å². The minimum Gasteiger partial charge on any atom is -0.444 e. The first-order chi connectivity index (χ1) is 7.90. The first-order valence-electron chi connectivity index (χ1n) is 6.02. The molecule has 0 bridgehead atoms. The molecule has 1 N–H and O–H groups in total. The monoisotopic (exact) mass is 239 g/mol. The highest BCUT2D eigenvalue weighted by Gasteiger charge is 2.20. The quantitative estimate of drug-likeness (QED) is 0.745. The second kappa shape index (κ2) is 5.76. The topological polar surface area (TPSA) is 65.4 Å². The number of alkyl carbamates (subject to hydrolysis) is 1. The van der Waals surface area contributed by atoms with Crippen LogP contribution in [-0.2, 0) is 4.74 Å². The van der Waals surface area contributed by atoms with Crippen LogP contribution in [0.15, 0.2) is 0 Å². The Bertz CT molecular complexity index is 296. The molecule has 0 aliphatic carbocycles.